The second-order valence-corrected chi connectivity index (χ2v) is 5.77. The van der Waals surface area contributed by atoms with Crippen LogP contribution in [0, 0.1) is 0 Å². The van der Waals surface area contributed by atoms with E-state index in [2.05, 4.69) is 6.92 Å². The van der Waals surface area contributed by atoms with Crippen LogP contribution in [0.5, 0.6) is 0 Å². The molecular weight excluding hydrogens is 276 g/mol. The van der Waals surface area contributed by atoms with Gasteiger partial charge in [0.25, 0.3) is 0 Å². The van der Waals surface area contributed by atoms with Crippen LogP contribution in [0.25, 0.3) is 0 Å². The number of furan rings is 2. The molecule has 4 nitrogen and oxygen atoms in total. The normalized spacial score (nSPS) is 11.5. The molecule has 0 radical (unpaired) electrons. The van der Waals surface area contributed by atoms with Crippen molar-refractivity contribution >= 4 is 0 Å². The van der Waals surface area contributed by atoms with Crippen LogP contribution in [0.3, 0.4) is 0 Å². The number of rotatable bonds is 10. The third kappa shape index (κ3) is 4.49. The highest BCUT2D eigenvalue weighted by molar-refractivity contribution is 5.22. The van der Waals surface area contributed by atoms with Gasteiger partial charge < -0.3 is 20.3 Å². The second kappa shape index (κ2) is 8.81. The topological polar surface area (TPSA) is 78.3 Å². The van der Waals surface area contributed by atoms with E-state index in [0.29, 0.717) is 13.1 Å². The van der Waals surface area contributed by atoms with Gasteiger partial charge in [0.05, 0.1) is 19.0 Å². The Kier molecular flexibility index (Phi) is 6.74. The van der Waals surface area contributed by atoms with E-state index in [9.17, 15) is 0 Å². The lowest BCUT2D eigenvalue weighted by Crippen LogP contribution is -2.00. The lowest BCUT2D eigenvalue weighted by Gasteiger charge is -2.12. The Balaban J connectivity index is 2.06. The zero-order chi connectivity index (χ0) is 15.8. The van der Waals surface area contributed by atoms with Gasteiger partial charge >= 0.3 is 0 Å². The molecule has 2 aromatic rings. The summed E-state index contributed by atoms with van der Waals surface area (Å²) in [5.74, 6) is 3.66. The van der Waals surface area contributed by atoms with Crippen LogP contribution in [-0.2, 0) is 13.1 Å². The molecule has 0 atom stereocenters. The summed E-state index contributed by atoms with van der Waals surface area (Å²) in [6, 6.07) is 7.94. The van der Waals surface area contributed by atoms with Gasteiger partial charge in [-0.05, 0) is 30.7 Å². The Labute approximate surface area is 132 Å². The zero-order valence-electron chi connectivity index (χ0n) is 13.5. The molecule has 0 amide bonds. The molecule has 2 aromatic heterocycles. The maximum Gasteiger partial charge on any atom is 0.117 e. The van der Waals surface area contributed by atoms with E-state index in [1.807, 2.05) is 24.3 Å². The first-order valence-electron chi connectivity index (χ1n) is 8.35. The minimum absolute atomic E-state index is 0.155. The number of nitrogens with two attached hydrogens (primary N) is 2. The highest BCUT2D eigenvalue weighted by Gasteiger charge is 2.21. The smallest absolute Gasteiger partial charge is 0.117 e. The molecule has 0 aliphatic heterocycles. The standard InChI is InChI=1S/C18H28N2O2/c1-2-3-4-5-6-7-16(17-10-8-14(12-19)21-17)18-11-9-15(13-20)22-18/h8-11,16H,2-7,12-13,19-20H2,1H3. The van der Waals surface area contributed by atoms with E-state index in [-0.39, 0.29) is 5.92 Å². The van der Waals surface area contributed by atoms with Crippen molar-refractivity contribution < 1.29 is 8.83 Å². The molecule has 0 unspecified atom stereocenters. The van der Waals surface area contributed by atoms with Crippen LogP contribution in [0.15, 0.2) is 33.1 Å². The van der Waals surface area contributed by atoms with Crippen LogP contribution in [0.2, 0.25) is 0 Å². The molecule has 0 fully saturated rings. The van der Waals surface area contributed by atoms with Gasteiger partial charge in [-0.2, -0.15) is 0 Å². The summed E-state index contributed by atoms with van der Waals surface area (Å²) < 4.78 is 11.7. The minimum atomic E-state index is 0.155. The third-order valence-corrected chi connectivity index (χ3v) is 4.05. The number of hydrogen-bond donors (Lipinski definition) is 2. The third-order valence-electron chi connectivity index (χ3n) is 4.05. The summed E-state index contributed by atoms with van der Waals surface area (Å²) in [4.78, 5) is 0. The largest absolute Gasteiger partial charge is 0.464 e. The Morgan fingerprint density at radius 3 is 1.82 bits per heavy atom. The Morgan fingerprint density at radius 1 is 0.818 bits per heavy atom. The molecule has 2 rings (SSSR count). The van der Waals surface area contributed by atoms with Gasteiger partial charge in [-0.15, -0.1) is 0 Å². The van der Waals surface area contributed by atoms with E-state index < -0.39 is 0 Å². The molecule has 0 bridgehead atoms. The summed E-state index contributed by atoms with van der Waals surface area (Å²) in [5.41, 5.74) is 11.3. The maximum absolute atomic E-state index is 5.85. The van der Waals surface area contributed by atoms with Gasteiger partial charge in [0.15, 0.2) is 0 Å². The van der Waals surface area contributed by atoms with Crippen molar-refractivity contribution in [3.05, 3.63) is 47.3 Å². The Morgan fingerprint density at radius 2 is 1.36 bits per heavy atom. The van der Waals surface area contributed by atoms with E-state index in [1.54, 1.807) is 0 Å². The zero-order valence-corrected chi connectivity index (χ0v) is 13.5. The highest BCUT2D eigenvalue weighted by atomic mass is 16.4. The van der Waals surface area contributed by atoms with Gasteiger partial charge in [-0.3, -0.25) is 0 Å². The van der Waals surface area contributed by atoms with E-state index in [1.165, 1.54) is 32.1 Å². The van der Waals surface area contributed by atoms with Gasteiger partial charge in [-0.1, -0.05) is 39.0 Å². The number of hydrogen-bond acceptors (Lipinski definition) is 4. The molecule has 4 N–H and O–H groups in total. The van der Waals surface area contributed by atoms with Gasteiger partial charge in [0.2, 0.25) is 0 Å². The fraction of sp³-hybridized carbons (Fsp3) is 0.556. The first kappa shape index (κ1) is 16.8. The van der Waals surface area contributed by atoms with Crippen LogP contribution < -0.4 is 11.5 Å². The van der Waals surface area contributed by atoms with Crippen molar-refractivity contribution in [1.29, 1.82) is 0 Å². The molecule has 0 saturated heterocycles. The van der Waals surface area contributed by atoms with Crippen molar-refractivity contribution in [2.45, 2.75) is 64.5 Å². The minimum Gasteiger partial charge on any atom is -0.464 e. The highest BCUT2D eigenvalue weighted by Crippen LogP contribution is 2.32. The van der Waals surface area contributed by atoms with E-state index in [4.69, 9.17) is 20.3 Å². The summed E-state index contributed by atoms with van der Waals surface area (Å²) in [6.07, 6.45) is 7.31. The predicted molar refractivity (Wildman–Crippen MR) is 88.4 cm³/mol. The summed E-state index contributed by atoms with van der Waals surface area (Å²) in [5, 5.41) is 0. The Hall–Kier alpha value is -1.52. The van der Waals surface area contributed by atoms with Gasteiger partial charge in [0.1, 0.15) is 23.0 Å². The van der Waals surface area contributed by atoms with Crippen LogP contribution >= 0.6 is 0 Å². The molecular formula is C18H28N2O2. The maximum atomic E-state index is 5.85. The van der Waals surface area contributed by atoms with Crippen LogP contribution in [0.4, 0.5) is 0 Å². The Bertz CT molecular complexity index is 503. The van der Waals surface area contributed by atoms with Crippen LogP contribution in [0.1, 0.15) is 74.4 Å². The molecule has 122 valence electrons. The van der Waals surface area contributed by atoms with E-state index in [0.717, 1.165) is 29.5 Å². The lowest BCUT2D eigenvalue weighted by atomic mass is 9.95. The molecule has 0 aliphatic rings. The fourth-order valence-electron chi connectivity index (χ4n) is 2.76. The fourth-order valence-corrected chi connectivity index (χ4v) is 2.76. The first-order chi connectivity index (χ1) is 10.8. The lowest BCUT2D eigenvalue weighted by molar-refractivity contribution is 0.381. The summed E-state index contributed by atoms with van der Waals surface area (Å²) in [6.45, 7) is 3.09. The van der Waals surface area contributed by atoms with Gasteiger partial charge in [0, 0.05) is 0 Å². The quantitative estimate of drug-likeness (QED) is 0.642. The number of unbranched alkanes of at least 4 members (excludes halogenated alkanes) is 4. The van der Waals surface area contributed by atoms with Gasteiger partial charge in [-0.25, -0.2) is 0 Å². The molecule has 2 heterocycles. The van der Waals surface area contributed by atoms with Crippen molar-refractivity contribution in [3.8, 4) is 0 Å². The molecule has 0 spiro atoms. The summed E-state index contributed by atoms with van der Waals surface area (Å²) >= 11 is 0. The predicted octanol–water partition coefficient (Wildman–Crippen LogP) is 4.28. The monoisotopic (exact) mass is 304 g/mol. The van der Waals surface area contributed by atoms with E-state index >= 15 is 0 Å². The summed E-state index contributed by atoms with van der Waals surface area (Å²) in [7, 11) is 0. The molecule has 4 heteroatoms. The first-order valence-corrected chi connectivity index (χ1v) is 8.35. The average molecular weight is 304 g/mol. The van der Waals surface area contributed by atoms with Crippen molar-refractivity contribution in [3.63, 3.8) is 0 Å². The molecule has 22 heavy (non-hydrogen) atoms. The van der Waals surface area contributed by atoms with Crippen molar-refractivity contribution in [2.24, 2.45) is 11.5 Å². The SMILES string of the molecule is CCCCCCCC(c1ccc(CN)o1)c1ccc(CN)o1. The molecule has 0 saturated carbocycles. The molecule has 0 aliphatic carbocycles. The van der Waals surface area contributed by atoms with Crippen LogP contribution in [-0.4, -0.2) is 0 Å². The second-order valence-electron chi connectivity index (χ2n) is 5.77. The van der Waals surface area contributed by atoms with Crippen molar-refractivity contribution in [2.75, 3.05) is 0 Å². The van der Waals surface area contributed by atoms with Crippen molar-refractivity contribution in [1.82, 2.24) is 0 Å². The average Bonchev–Trinajstić information content (AvgIpc) is 3.20. The molecule has 0 aromatic carbocycles.